The first-order valence-corrected chi connectivity index (χ1v) is 11.9. The van der Waals surface area contributed by atoms with Crippen LogP contribution < -0.4 is 15.4 Å². The summed E-state index contributed by atoms with van der Waals surface area (Å²) in [4.78, 5) is 12.7. The highest BCUT2D eigenvalue weighted by molar-refractivity contribution is 8.02. The van der Waals surface area contributed by atoms with Gasteiger partial charge in [0.2, 0.25) is 11.0 Å². The summed E-state index contributed by atoms with van der Waals surface area (Å²) in [6.45, 7) is 4.10. The van der Waals surface area contributed by atoms with Gasteiger partial charge in [-0.1, -0.05) is 41.7 Å². The van der Waals surface area contributed by atoms with Crippen LogP contribution in [0.15, 0.2) is 28.6 Å². The molecule has 2 saturated carbocycles. The summed E-state index contributed by atoms with van der Waals surface area (Å²) in [6.07, 6.45) is 5.37. The third-order valence-electron chi connectivity index (χ3n) is 6.21. The molecule has 5 unspecified atom stereocenters. The Kier molecular flexibility index (Phi) is 6.29. The van der Waals surface area contributed by atoms with Crippen molar-refractivity contribution >= 4 is 39.8 Å². The third kappa shape index (κ3) is 4.69. The van der Waals surface area contributed by atoms with Crippen molar-refractivity contribution in [3.8, 4) is 5.75 Å². The van der Waals surface area contributed by atoms with Crippen LogP contribution in [0.5, 0.6) is 5.75 Å². The SMILES string of the molecule is COc1ccccc1Nc1nnc(SC(C)C(=O)NC(C)C2CC3CCC2C3)s1. The van der Waals surface area contributed by atoms with Gasteiger partial charge in [0.25, 0.3) is 0 Å². The maximum atomic E-state index is 12.7. The zero-order valence-corrected chi connectivity index (χ0v) is 18.7. The molecule has 6 nitrogen and oxygen atoms in total. The van der Waals surface area contributed by atoms with Crippen molar-refractivity contribution in [2.24, 2.45) is 17.8 Å². The minimum atomic E-state index is -0.205. The minimum absolute atomic E-state index is 0.0831. The van der Waals surface area contributed by atoms with Gasteiger partial charge in [0.15, 0.2) is 4.34 Å². The number of nitrogens with one attached hydrogen (secondary N) is 2. The van der Waals surface area contributed by atoms with Crippen molar-refractivity contribution in [1.82, 2.24) is 15.5 Å². The number of ether oxygens (including phenoxy) is 1. The van der Waals surface area contributed by atoms with Crippen molar-refractivity contribution in [1.29, 1.82) is 0 Å². The normalized spacial score (nSPS) is 24.9. The van der Waals surface area contributed by atoms with E-state index < -0.39 is 0 Å². The van der Waals surface area contributed by atoms with E-state index in [1.54, 1.807) is 7.11 Å². The molecule has 1 heterocycles. The molecule has 2 aromatic rings. The summed E-state index contributed by atoms with van der Waals surface area (Å²) < 4.78 is 6.13. The van der Waals surface area contributed by atoms with E-state index >= 15 is 0 Å². The maximum Gasteiger partial charge on any atom is 0.233 e. The van der Waals surface area contributed by atoms with Crippen LogP contribution in [0.2, 0.25) is 0 Å². The Bertz CT molecular complexity index is 859. The number of nitrogens with zero attached hydrogens (tertiary/aromatic N) is 2. The summed E-state index contributed by atoms with van der Waals surface area (Å²) in [5.41, 5.74) is 0.841. The molecule has 0 radical (unpaired) electrons. The van der Waals surface area contributed by atoms with E-state index in [9.17, 15) is 4.79 Å². The Morgan fingerprint density at radius 3 is 2.79 bits per heavy atom. The van der Waals surface area contributed by atoms with Gasteiger partial charge in [-0.3, -0.25) is 4.79 Å². The van der Waals surface area contributed by atoms with Crippen molar-refractivity contribution < 1.29 is 9.53 Å². The lowest BCUT2D eigenvalue weighted by molar-refractivity contribution is -0.121. The van der Waals surface area contributed by atoms with Gasteiger partial charge in [0.1, 0.15) is 5.75 Å². The molecule has 4 rings (SSSR count). The monoisotopic (exact) mass is 432 g/mol. The van der Waals surface area contributed by atoms with E-state index in [1.807, 2.05) is 31.2 Å². The molecule has 0 spiro atoms. The topological polar surface area (TPSA) is 76.1 Å². The lowest BCUT2D eigenvalue weighted by Gasteiger charge is -2.29. The van der Waals surface area contributed by atoms with E-state index in [0.717, 1.165) is 27.6 Å². The summed E-state index contributed by atoms with van der Waals surface area (Å²) in [5.74, 6) is 3.18. The van der Waals surface area contributed by atoms with Gasteiger partial charge in [-0.05, 0) is 63.0 Å². The zero-order valence-electron chi connectivity index (χ0n) is 17.1. The number of carbonyl (C=O) groups excluding carboxylic acids is 1. The Morgan fingerprint density at radius 1 is 1.24 bits per heavy atom. The first-order chi connectivity index (χ1) is 14.0. The number of hydrogen-bond acceptors (Lipinski definition) is 7. The van der Waals surface area contributed by atoms with Crippen LogP contribution in [-0.4, -0.2) is 34.5 Å². The molecular weight excluding hydrogens is 404 g/mol. The van der Waals surface area contributed by atoms with E-state index in [0.29, 0.717) is 11.0 Å². The molecular formula is C21H28N4O2S2. The predicted molar refractivity (Wildman–Crippen MR) is 118 cm³/mol. The minimum Gasteiger partial charge on any atom is -0.495 e. The highest BCUT2D eigenvalue weighted by Crippen LogP contribution is 2.49. The molecule has 1 amide bonds. The zero-order chi connectivity index (χ0) is 20.4. The Balaban J connectivity index is 1.30. The van der Waals surface area contributed by atoms with Crippen LogP contribution in [0.1, 0.15) is 39.5 Å². The lowest BCUT2D eigenvalue weighted by Crippen LogP contribution is -2.43. The first-order valence-electron chi connectivity index (χ1n) is 10.2. The number of fused-ring (bicyclic) bond motifs is 2. The van der Waals surface area contributed by atoms with E-state index in [1.165, 1.54) is 48.8 Å². The summed E-state index contributed by atoms with van der Waals surface area (Å²) in [7, 11) is 1.64. The largest absolute Gasteiger partial charge is 0.495 e. The molecule has 2 aliphatic carbocycles. The molecule has 2 fully saturated rings. The summed E-state index contributed by atoms with van der Waals surface area (Å²) in [6, 6.07) is 7.93. The molecule has 2 aliphatic rings. The number of hydrogen-bond donors (Lipinski definition) is 2. The van der Waals surface area contributed by atoms with Crippen molar-refractivity contribution in [2.75, 3.05) is 12.4 Å². The molecule has 0 saturated heterocycles. The van der Waals surface area contributed by atoms with Gasteiger partial charge in [0.05, 0.1) is 18.0 Å². The van der Waals surface area contributed by atoms with Crippen LogP contribution >= 0.6 is 23.1 Å². The number of para-hydroxylation sites is 2. The van der Waals surface area contributed by atoms with E-state index in [-0.39, 0.29) is 17.2 Å². The molecule has 0 aliphatic heterocycles. The number of anilines is 2. The maximum absolute atomic E-state index is 12.7. The number of aromatic nitrogens is 2. The number of benzene rings is 1. The summed E-state index contributed by atoms with van der Waals surface area (Å²) in [5, 5.41) is 15.4. The van der Waals surface area contributed by atoms with Gasteiger partial charge in [-0.2, -0.15) is 0 Å². The van der Waals surface area contributed by atoms with Crippen LogP contribution in [0.25, 0.3) is 0 Å². The van der Waals surface area contributed by atoms with Gasteiger partial charge in [-0.25, -0.2) is 0 Å². The van der Waals surface area contributed by atoms with Crippen molar-refractivity contribution in [2.45, 2.75) is 55.2 Å². The van der Waals surface area contributed by atoms with Gasteiger partial charge < -0.3 is 15.4 Å². The van der Waals surface area contributed by atoms with Gasteiger partial charge >= 0.3 is 0 Å². The molecule has 1 aromatic heterocycles. The Morgan fingerprint density at radius 2 is 2.07 bits per heavy atom. The van der Waals surface area contributed by atoms with Crippen LogP contribution in [0, 0.1) is 17.8 Å². The first kappa shape index (κ1) is 20.5. The number of thioether (sulfide) groups is 1. The molecule has 156 valence electrons. The van der Waals surface area contributed by atoms with E-state index in [2.05, 4.69) is 27.8 Å². The third-order valence-corrected chi connectivity index (χ3v) is 8.23. The van der Waals surface area contributed by atoms with Gasteiger partial charge in [0, 0.05) is 6.04 Å². The average Bonchev–Trinajstić information content (AvgIpc) is 3.46. The fourth-order valence-corrected chi connectivity index (χ4v) is 6.65. The van der Waals surface area contributed by atoms with E-state index in [4.69, 9.17) is 4.74 Å². The molecule has 5 atom stereocenters. The molecule has 2 bridgehead atoms. The fraction of sp³-hybridized carbons (Fsp3) is 0.571. The highest BCUT2D eigenvalue weighted by atomic mass is 32.2. The number of carbonyl (C=O) groups is 1. The number of rotatable bonds is 8. The Labute approximate surface area is 180 Å². The van der Waals surface area contributed by atoms with Crippen LogP contribution in [-0.2, 0) is 4.79 Å². The number of amides is 1. The molecule has 1 aromatic carbocycles. The number of methoxy groups -OCH3 is 1. The predicted octanol–water partition coefficient (Wildman–Crippen LogP) is 4.71. The molecule has 2 N–H and O–H groups in total. The van der Waals surface area contributed by atoms with Gasteiger partial charge in [-0.15, -0.1) is 10.2 Å². The highest BCUT2D eigenvalue weighted by Gasteiger charge is 2.42. The van der Waals surface area contributed by atoms with Crippen molar-refractivity contribution in [3.05, 3.63) is 24.3 Å². The Hall–Kier alpha value is -1.80. The fourth-order valence-electron chi connectivity index (χ4n) is 4.73. The summed E-state index contributed by atoms with van der Waals surface area (Å²) >= 11 is 2.90. The molecule has 8 heteroatoms. The lowest BCUT2D eigenvalue weighted by atomic mass is 9.84. The quantitative estimate of drug-likeness (QED) is 0.588. The van der Waals surface area contributed by atoms with Crippen LogP contribution in [0.4, 0.5) is 10.8 Å². The molecule has 29 heavy (non-hydrogen) atoms. The second-order valence-corrected chi connectivity index (χ2v) is 10.7. The second kappa shape index (κ2) is 8.92. The smallest absolute Gasteiger partial charge is 0.233 e. The average molecular weight is 433 g/mol. The van der Waals surface area contributed by atoms with Crippen LogP contribution in [0.3, 0.4) is 0 Å². The second-order valence-electron chi connectivity index (χ2n) is 8.09. The van der Waals surface area contributed by atoms with Crippen molar-refractivity contribution in [3.63, 3.8) is 0 Å². The standard InChI is InChI=1S/C21H28N4O2S2/c1-12(16-11-14-8-9-15(16)10-14)22-19(26)13(2)28-21-25-24-20(29-21)23-17-6-4-5-7-18(17)27-3/h4-7,12-16H,8-11H2,1-3H3,(H,22,26)(H,23,24).